The summed E-state index contributed by atoms with van der Waals surface area (Å²) in [5, 5.41) is 2.88. The Morgan fingerprint density at radius 3 is 2.12 bits per heavy atom. The molecule has 0 aromatic heterocycles. The molecule has 0 saturated carbocycles. The van der Waals surface area contributed by atoms with Crippen LogP contribution in [0.1, 0.15) is 42.6 Å². The Bertz CT molecular complexity index is 800. The number of carbonyl (C=O) groups excluding carboxylic acids is 1. The van der Waals surface area contributed by atoms with Crippen LogP contribution >= 0.6 is 0 Å². The Labute approximate surface area is 149 Å². The highest BCUT2D eigenvalue weighted by Crippen LogP contribution is 2.14. The molecule has 0 saturated heterocycles. The van der Waals surface area contributed by atoms with E-state index in [1.807, 2.05) is 37.3 Å². The van der Waals surface area contributed by atoms with Crippen molar-refractivity contribution in [2.24, 2.45) is 0 Å². The summed E-state index contributed by atoms with van der Waals surface area (Å²) in [4.78, 5) is 12.4. The van der Waals surface area contributed by atoms with Gasteiger partial charge in [-0.15, -0.1) is 0 Å². The van der Waals surface area contributed by atoms with Crippen molar-refractivity contribution >= 4 is 15.9 Å². The molecular formula is C19H24N2O3S. The highest BCUT2D eigenvalue weighted by atomic mass is 32.2. The van der Waals surface area contributed by atoms with Gasteiger partial charge in [-0.05, 0) is 49.6 Å². The predicted molar refractivity (Wildman–Crippen MR) is 99.1 cm³/mol. The van der Waals surface area contributed by atoms with Gasteiger partial charge in [-0.1, -0.05) is 37.3 Å². The topological polar surface area (TPSA) is 75.3 Å². The maximum atomic E-state index is 12.2. The van der Waals surface area contributed by atoms with Crippen LogP contribution in [0.3, 0.4) is 0 Å². The number of nitrogens with one attached hydrogen (secondary N) is 2. The van der Waals surface area contributed by atoms with E-state index in [2.05, 4.69) is 10.0 Å². The molecule has 1 amide bonds. The average molecular weight is 360 g/mol. The summed E-state index contributed by atoms with van der Waals surface area (Å²) in [6.45, 7) is 6.07. The van der Waals surface area contributed by atoms with Crippen molar-refractivity contribution in [1.29, 1.82) is 0 Å². The van der Waals surface area contributed by atoms with Gasteiger partial charge >= 0.3 is 0 Å². The first kappa shape index (κ1) is 19.1. The van der Waals surface area contributed by atoms with Gasteiger partial charge in [0.15, 0.2) is 0 Å². The number of rotatable bonds is 7. The summed E-state index contributed by atoms with van der Waals surface area (Å²) in [5.41, 5.74) is 1.59. The van der Waals surface area contributed by atoms with Gasteiger partial charge in [0.1, 0.15) is 0 Å². The molecule has 0 aliphatic rings. The normalized spacial score (nSPS) is 12.8. The highest BCUT2D eigenvalue weighted by molar-refractivity contribution is 7.89. The third-order valence-electron chi connectivity index (χ3n) is 3.76. The van der Waals surface area contributed by atoms with Crippen LogP contribution in [-0.4, -0.2) is 26.9 Å². The number of amides is 1. The standard InChI is InChI=1S/C19H24N2O3S/c1-14(2)21-25(23,24)18-11-9-17(10-12-18)19(22)20-13-15(3)16-7-5-4-6-8-16/h4-12,14-15,21H,13H2,1-3H3,(H,20,22). The molecule has 0 spiro atoms. The molecule has 0 fully saturated rings. The van der Waals surface area contributed by atoms with E-state index >= 15 is 0 Å². The molecule has 2 N–H and O–H groups in total. The van der Waals surface area contributed by atoms with E-state index < -0.39 is 10.0 Å². The molecule has 1 unspecified atom stereocenters. The monoisotopic (exact) mass is 360 g/mol. The molecule has 0 heterocycles. The molecular weight excluding hydrogens is 336 g/mol. The number of sulfonamides is 1. The number of hydrogen-bond acceptors (Lipinski definition) is 3. The Balaban J connectivity index is 1.99. The average Bonchev–Trinajstić information content (AvgIpc) is 2.59. The number of benzene rings is 2. The summed E-state index contributed by atoms with van der Waals surface area (Å²) < 4.78 is 26.7. The second-order valence-corrected chi connectivity index (χ2v) is 8.04. The zero-order valence-corrected chi connectivity index (χ0v) is 15.5. The third kappa shape index (κ3) is 5.41. The van der Waals surface area contributed by atoms with Crippen molar-refractivity contribution < 1.29 is 13.2 Å². The van der Waals surface area contributed by atoms with Crippen molar-refractivity contribution in [3.63, 3.8) is 0 Å². The molecule has 2 aromatic carbocycles. The predicted octanol–water partition coefficient (Wildman–Crippen LogP) is 2.91. The largest absolute Gasteiger partial charge is 0.351 e. The van der Waals surface area contributed by atoms with E-state index in [9.17, 15) is 13.2 Å². The van der Waals surface area contributed by atoms with E-state index in [-0.39, 0.29) is 22.8 Å². The summed E-state index contributed by atoms with van der Waals surface area (Å²) in [7, 11) is -3.55. The van der Waals surface area contributed by atoms with E-state index in [0.29, 0.717) is 12.1 Å². The van der Waals surface area contributed by atoms with Crippen molar-refractivity contribution in [1.82, 2.24) is 10.0 Å². The maximum Gasteiger partial charge on any atom is 0.251 e. The van der Waals surface area contributed by atoms with Gasteiger partial charge in [0.05, 0.1) is 4.90 Å². The summed E-state index contributed by atoms with van der Waals surface area (Å²) in [6.07, 6.45) is 0. The van der Waals surface area contributed by atoms with Gasteiger partial charge < -0.3 is 5.32 Å². The second-order valence-electron chi connectivity index (χ2n) is 6.32. The van der Waals surface area contributed by atoms with Gasteiger partial charge in [-0.2, -0.15) is 0 Å². The van der Waals surface area contributed by atoms with Crippen LogP contribution < -0.4 is 10.0 Å². The fraction of sp³-hybridized carbons (Fsp3) is 0.316. The molecule has 2 aromatic rings. The summed E-state index contributed by atoms with van der Waals surface area (Å²) >= 11 is 0. The Hall–Kier alpha value is -2.18. The molecule has 0 aliphatic heterocycles. The quantitative estimate of drug-likeness (QED) is 0.797. The lowest BCUT2D eigenvalue weighted by atomic mass is 10.0. The van der Waals surface area contributed by atoms with Gasteiger partial charge in [0.2, 0.25) is 10.0 Å². The molecule has 0 radical (unpaired) electrons. The molecule has 5 nitrogen and oxygen atoms in total. The van der Waals surface area contributed by atoms with Crippen LogP contribution in [0.4, 0.5) is 0 Å². The molecule has 25 heavy (non-hydrogen) atoms. The molecule has 6 heteroatoms. The molecule has 134 valence electrons. The first-order valence-corrected chi connectivity index (χ1v) is 9.73. The Kier molecular flexibility index (Phi) is 6.33. The zero-order valence-electron chi connectivity index (χ0n) is 14.7. The fourth-order valence-electron chi connectivity index (χ4n) is 2.41. The van der Waals surface area contributed by atoms with E-state index in [4.69, 9.17) is 0 Å². The van der Waals surface area contributed by atoms with Crippen molar-refractivity contribution in [3.05, 3.63) is 65.7 Å². The lowest BCUT2D eigenvalue weighted by molar-refractivity contribution is 0.0951. The number of hydrogen-bond donors (Lipinski definition) is 2. The van der Waals surface area contributed by atoms with Crippen LogP contribution in [0.15, 0.2) is 59.5 Å². The van der Waals surface area contributed by atoms with Gasteiger partial charge in [-0.25, -0.2) is 13.1 Å². The van der Waals surface area contributed by atoms with Gasteiger partial charge in [0.25, 0.3) is 5.91 Å². The molecule has 0 bridgehead atoms. The van der Waals surface area contributed by atoms with Crippen LogP contribution in [0.2, 0.25) is 0 Å². The third-order valence-corrected chi connectivity index (χ3v) is 5.43. The smallest absolute Gasteiger partial charge is 0.251 e. The highest BCUT2D eigenvalue weighted by Gasteiger charge is 2.16. The van der Waals surface area contributed by atoms with Crippen molar-refractivity contribution in [2.45, 2.75) is 37.6 Å². The molecule has 0 aliphatic carbocycles. The minimum absolute atomic E-state index is 0.149. The van der Waals surface area contributed by atoms with E-state index in [1.54, 1.807) is 13.8 Å². The van der Waals surface area contributed by atoms with Crippen LogP contribution in [-0.2, 0) is 10.0 Å². The first-order chi connectivity index (χ1) is 11.8. The SMILES string of the molecule is CC(C)NS(=O)(=O)c1ccc(C(=O)NCC(C)c2ccccc2)cc1. The minimum Gasteiger partial charge on any atom is -0.351 e. The van der Waals surface area contributed by atoms with E-state index in [1.165, 1.54) is 24.3 Å². The Morgan fingerprint density at radius 2 is 1.56 bits per heavy atom. The Morgan fingerprint density at radius 1 is 0.960 bits per heavy atom. The zero-order chi connectivity index (χ0) is 18.4. The lowest BCUT2D eigenvalue weighted by Gasteiger charge is -2.13. The van der Waals surface area contributed by atoms with Gasteiger partial charge in [-0.3, -0.25) is 4.79 Å². The first-order valence-electron chi connectivity index (χ1n) is 8.25. The minimum atomic E-state index is -3.55. The van der Waals surface area contributed by atoms with E-state index in [0.717, 1.165) is 5.56 Å². The van der Waals surface area contributed by atoms with Gasteiger partial charge in [0, 0.05) is 18.2 Å². The molecule has 1 atom stereocenters. The summed E-state index contributed by atoms with van der Waals surface area (Å²) in [6, 6.07) is 15.7. The van der Waals surface area contributed by atoms with Crippen molar-refractivity contribution in [2.75, 3.05) is 6.54 Å². The van der Waals surface area contributed by atoms with Crippen LogP contribution in [0.5, 0.6) is 0 Å². The summed E-state index contributed by atoms with van der Waals surface area (Å²) in [5.74, 6) is -0.0245. The molecule has 2 rings (SSSR count). The van der Waals surface area contributed by atoms with Crippen LogP contribution in [0.25, 0.3) is 0 Å². The van der Waals surface area contributed by atoms with Crippen molar-refractivity contribution in [3.8, 4) is 0 Å². The fourth-order valence-corrected chi connectivity index (χ4v) is 3.66. The second kappa shape index (κ2) is 8.27. The maximum absolute atomic E-state index is 12.2. The number of carbonyl (C=O) groups is 1. The van der Waals surface area contributed by atoms with Crippen LogP contribution in [0, 0.1) is 0 Å². The lowest BCUT2D eigenvalue weighted by Crippen LogP contribution is -2.30.